The third kappa shape index (κ3) is 3.54. The first-order valence-electron chi connectivity index (χ1n) is 7.66. The summed E-state index contributed by atoms with van der Waals surface area (Å²) in [7, 11) is 1.65. The van der Waals surface area contributed by atoms with Crippen LogP contribution in [0.5, 0.6) is 5.75 Å². The van der Waals surface area contributed by atoms with Crippen LogP contribution in [0.4, 0.5) is 0 Å². The Labute approximate surface area is 135 Å². The highest BCUT2D eigenvalue weighted by atomic mass is 16.5. The summed E-state index contributed by atoms with van der Waals surface area (Å²) in [6, 6.07) is 15.6. The van der Waals surface area contributed by atoms with E-state index in [0.29, 0.717) is 12.1 Å². The fourth-order valence-corrected chi connectivity index (χ4v) is 2.63. The lowest BCUT2D eigenvalue weighted by molar-refractivity contribution is 0.0954. The molecule has 0 fully saturated rings. The van der Waals surface area contributed by atoms with E-state index < -0.39 is 0 Å². The molecule has 0 saturated heterocycles. The average Bonchev–Trinajstić information content (AvgIpc) is 2.94. The molecular formula is C19H20N2O2. The Balaban J connectivity index is 1.59. The van der Waals surface area contributed by atoms with Gasteiger partial charge in [0.2, 0.25) is 0 Å². The van der Waals surface area contributed by atoms with E-state index in [1.807, 2.05) is 55.5 Å². The molecule has 3 rings (SSSR count). The van der Waals surface area contributed by atoms with Crippen molar-refractivity contribution in [2.45, 2.75) is 13.3 Å². The van der Waals surface area contributed by atoms with Gasteiger partial charge in [-0.25, -0.2) is 0 Å². The van der Waals surface area contributed by atoms with Crippen LogP contribution in [0.1, 0.15) is 21.6 Å². The van der Waals surface area contributed by atoms with Gasteiger partial charge in [-0.3, -0.25) is 4.79 Å². The van der Waals surface area contributed by atoms with Crippen LogP contribution in [0.15, 0.2) is 48.5 Å². The molecule has 0 bridgehead atoms. The van der Waals surface area contributed by atoms with E-state index in [1.165, 1.54) is 5.56 Å². The molecule has 118 valence electrons. The number of benzene rings is 2. The molecule has 1 amide bonds. The molecule has 4 nitrogen and oxygen atoms in total. The summed E-state index contributed by atoms with van der Waals surface area (Å²) in [5.74, 6) is 0.798. The quantitative estimate of drug-likeness (QED) is 0.758. The lowest BCUT2D eigenvalue weighted by atomic mass is 10.1. The summed E-state index contributed by atoms with van der Waals surface area (Å²) in [4.78, 5) is 15.5. The molecule has 0 atom stereocenters. The maximum Gasteiger partial charge on any atom is 0.251 e. The van der Waals surface area contributed by atoms with Gasteiger partial charge in [0.1, 0.15) is 5.75 Å². The molecule has 0 saturated carbocycles. The Morgan fingerprint density at radius 3 is 2.65 bits per heavy atom. The largest absolute Gasteiger partial charge is 0.497 e. The molecule has 0 aliphatic carbocycles. The second kappa shape index (κ2) is 6.57. The van der Waals surface area contributed by atoms with Gasteiger partial charge in [-0.05, 0) is 55.3 Å². The van der Waals surface area contributed by atoms with Crippen LogP contribution in [-0.2, 0) is 6.42 Å². The van der Waals surface area contributed by atoms with Crippen LogP contribution in [0, 0.1) is 6.92 Å². The normalized spacial score (nSPS) is 10.7. The van der Waals surface area contributed by atoms with E-state index in [2.05, 4.69) is 10.3 Å². The number of aromatic amines is 1. The Morgan fingerprint density at radius 2 is 1.91 bits per heavy atom. The first-order valence-corrected chi connectivity index (χ1v) is 7.66. The fraction of sp³-hybridized carbons (Fsp3) is 0.211. The van der Waals surface area contributed by atoms with Gasteiger partial charge in [0.05, 0.1) is 7.11 Å². The number of carbonyl (C=O) groups is 1. The van der Waals surface area contributed by atoms with Crippen molar-refractivity contribution in [3.8, 4) is 5.75 Å². The average molecular weight is 308 g/mol. The van der Waals surface area contributed by atoms with Crippen molar-refractivity contribution in [1.29, 1.82) is 0 Å². The highest BCUT2D eigenvalue weighted by Gasteiger charge is 2.07. The van der Waals surface area contributed by atoms with Crippen molar-refractivity contribution in [2.75, 3.05) is 13.7 Å². The van der Waals surface area contributed by atoms with Crippen molar-refractivity contribution >= 4 is 16.8 Å². The number of rotatable bonds is 5. The molecule has 1 heterocycles. The molecule has 2 aromatic carbocycles. The van der Waals surface area contributed by atoms with Crippen molar-refractivity contribution in [3.05, 3.63) is 65.4 Å². The fourth-order valence-electron chi connectivity index (χ4n) is 2.63. The predicted molar refractivity (Wildman–Crippen MR) is 92.1 cm³/mol. The third-order valence-corrected chi connectivity index (χ3v) is 3.88. The van der Waals surface area contributed by atoms with Crippen molar-refractivity contribution in [2.24, 2.45) is 0 Å². The minimum Gasteiger partial charge on any atom is -0.497 e. The highest BCUT2D eigenvalue weighted by molar-refractivity contribution is 5.98. The summed E-state index contributed by atoms with van der Waals surface area (Å²) >= 11 is 0. The SMILES string of the molecule is COc1ccc(CCNC(=O)c2ccc3[nH]c(C)cc3c2)cc1. The van der Waals surface area contributed by atoms with Crippen LogP contribution < -0.4 is 10.1 Å². The number of amides is 1. The zero-order valence-electron chi connectivity index (χ0n) is 13.3. The number of methoxy groups -OCH3 is 1. The van der Waals surface area contributed by atoms with Crippen molar-refractivity contribution in [1.82, 2.24) is 10.3 Å². The number of aryl methyl sites for hydroxylation is 1. The first kappa shape index (κ1) is 15.2. The van der Waals surface area contributed by atoms with E-state index in [9.17, 15) is 4.79 Å². The Bertz CT molecular complexity index is 819. The van der Waals surface area contributed by atoms with Gasteiger partial charge >= 0.3 is 0 Å². The molecule has 3 aromatic rings. The summed E-state index contributed by atoms with van der Waals surface area (Å²) in [5, 5.41) is 4.03. The maximum absolute atomic E-state index is 12.2. The van der Waals surface area contributed by atoms with E-state index in [0.717, 1.165) is 28.8 Å². The Kier molecular flexibility index (Phi) is 4.33. The van der Waals surface area contributed by atoms with Gasteiger partial charge in [0, 0.05) is 28.7 Å². The molecule has 0 aliphatic heterocycles. The minimum absolute atomic E-state index is 0.0423. The minimum atomic E-state index is -0.0423. The Hall–Kier alpha value is -2.75. The molecule has 4 heteroatoms. The molecule has 23 heavy (non-hydrogen) atoms. The zero-order chi connectivity index (χ0) is 16.2. The highest BCUT2D eigenvalue weighted by Crippen LogP contribution is 2.17. The van der Waals surface area contributed by atoms with E-state index in [1.54, 1.807) is 7.11 Å². The van der Waals surface area contributed by atoms with Gasteiger partial charge in [-0.2, -0.15) is 0 Å². The summed E-state index contributed by atoms with van der Waals surface area (Å²) in [5.41, 5.74) is 4.00. The van der Waals surface area contributed by atoms with E-state index in [4.69, 9.17) is 4.74 Å². The lowest BCUT2D eigenvalue weighted by Gasteiger charge is -2.06. The first-order chi connectivity index (χ1) is 11.2. The van der Waals surface area contributed by atoms with Gasteiger partial charge in [0.25, 0.3) is 5.91 Å². The number of ether oxygens (including phenoxy) is 1. The van der Waals surface area contributed by atoms with E-state index >= 15 is 0 Å². The number of fused-ring (bicyclic) bond motifs is 1. The van der Waals surface area contributed by atoms with Crippen LogP contribution in [0.3, 0.4) is 0 Å². The van der Waals surface area contributed by atoms with Gasteiger partial charge in [0.15, 0.2) is 0 Å². The second-order valence-corrected chi connectivity index (χ2v) is 5.61. The van der Waals surface area contributed by atoms with Crippen LogP contribution >= 0.6 is 0 Å². The maximum atomic E-state index is 12.2. The van der Waals surface area contributed by atoms with Crippen LogP contribution in [-0.4, -0.2) is 24.5 Å². The molecule has 2 N–H and O–H groups in total. The number of H-pyrrole nitrogens is 1. The van der Waals surface area contributed by atoms with Crippen molar-refractivity contribution in [3.63, 3.8) is 0 Å². The monoisotopic (exact) mass is 308 g/mol. The summed E-state index contributed by atoms with van der Waals surface area (Å²) in [6.07, 6.45) is 0.793. The number of aromatic nitrogens is 1. The number of nitrogens with one attached hydrogen (secondary N) is 2. The van der Waals surface area contributed by atoms with E-state index in [-0.39, 0.29) is 5.91 Å². The van der Waals surface area contributed by atoms with Crippen molar-refractivity contribution < 1.29 is 9.53 Å². The number of carbonyl (C=O) groups excluding carboxylic acids is 1. The van der Waals surface area contributed by atoms with Gasteiger partial charge < -0.3 is 15.0 Å². The summed E-state index contributed by atoms with van der Waals surface area (Å²) in [6.45, 7) is 2.62. The Morgan fingerprint density at radius 1 is 1.13 bits per heavy atom. The smallest absolute Gasteiger partial charge is 0.251 e. The standard InChI is InChI=1S/C19H20N2O2/c1-13-11-16-12-15(5-8-18(16)21-13)19(22)20-10-9-14-3-6-17(23-2)7-4-14/h3-8,11-12,21H,9-10H2,1-2H3,(H,20,22). The predicted octanol–water partition coefficient (Wildman–Crippen LogP) is 3.46. The van der Waals surface area contributed by atoms with Crippen LogP contribution in [0.2, 0.25) is 0 Å². The molecule has 0 spiro atoms. The number of hydrogen-bond donors (Lipinski definition) is 2. The van der Waals surface area contributed by atoms with Gasteiger partial charge in [-0.15, -0.1) is 0 Å². The lowest BCUT2D eigenvalue weighted by Crippen LogP contribution is -2.25. The zero-order valence-corrected chi connectivity index (χ0v) is 13.3. The molecular weight excluding hydrogens is 288 g/mol. The summed E-state index contributed by atoms with van der Waals surface area (Å²) < 4.78 is 5.13. The third-order valence-electron chi connectivity index (χ3n) is 3.88. The molecule has 1 aromatic heterocycles. The topological polar surface area (TPSA) is 54.1 Å². The molecule has 0 unspecified atom stereocenters. The molecule has 0 aliphatic rings. The van der Waals surface area contributed by atoms with Gasteiger partial charge in [-0.1, -0.05) is 12.1 Å². The second-order valence-electron chi connectivity index (χ2n) is 5.61. The van der Waals surface area contributed by atoms with Crippen LogP contribution in [0.25, 0.3) is 10.9 Å². The number of hydrogen-bond acceptors (Lipinski definition) is 2. The molecule has 0 radical (unpaired) electrons.